The van der Waals surface area contributed by atoms with Crippen molar-refractivity contribution >= 4 is 17.7 Å². The minimum Gasteiger partial charge on any atom is -0.463 e. The molecular formula is C51H80O20. The zero-order chi connectivity index (χ0) is 52.3. The largest absolute Gasteiger partial charge is 0.463 e. The van der Waals surface area contributed by atoms with Gasteiger partial charge in [0.05, 0.1) is 30.3 Å². The zero-order valence-corrected chi connectivity index (χ0v) is 42.7. The fraction of sp³-hybridized carbons (Fsp3) is 0.902. The second kappa shape index (κ2) is 19.4. The van der Waals surface area contributed by atoms with Crippen LogP contribution in [-0.4, -0.2) is 188 Å². The van der Waals surface area contributed by atoms with Crippen LogP contribution in [0.4, 0.5) is 0 Å². The summed E-state index contributed by atoms with van der Waals surface area (Å²) < 4.78 is 46.7. The number of aliphatic hydroxyl groups is 9. The van der Waals surface area contributed by atoms with Gasteiger partial charge in [-0.15, -0.1) is 0 Å². The molecule has 3 heterocycles. The monoisotopic (exact) mass is 1010 g/mol. The smallest absolute Gasteiger partial charge is 0.315 e. The van der Waals surface area contributed by atoms with Crippen molar-refractivity contribution in [1.82, 2.24) is 0 Å². The molecule has 71 heavy (non-hydrogen) atoms. The zero-order valence-electron chi connectivity index (χ0n) is 42.7. The van der Waals surface area contributed by atoms with Gasteiger partial charge in [0.25, 0.3) is 0 Å². The lowest BCUT2D eigenvalue weighted by Gasteiger charge is -2.72. The Labute approximate surface area is 415 Å². The number of carbonyl (C=O) groups excluding carboxylic acids is 3. The average Bonchev–Trinajstić information content (AvgIpc) is 3.30. The molecule has 7 fully saturated rings. The van der Waals surface area contributed by atoms with Gasteiger partial charge in [0.1, 0.15) is 79.5 Å². The van der Waals surface area contributed by atoms with E-state index in [0.29, 0.717) is 19.3 Å². The Morgan fingerprint density at radius 3 is 2.01 bits per heavy atom. The van der Waals surface area contributed by atoms with Crippen molar-refractivity contribution in [2.75, 3.05) is 20.3 Å². The lowest BCUT2D eigenvalue weighted by molar-refractivity contribution is -0.361. The molecule has 0 bridgehead atoms. The first-order chi connectivity index (χ1) is 33.0. The molecule has 9 N–H and O–H groups in total. The maximum atomic E-state index is 15.1. The quantitative estimate of drug-likeness (QED) is 0.107. The van der Waals surface area contributed by atoms with E-state index in [4.69, 9.17) is 37.9 Å². The second-order valence-corrected chi connectivity index (χ2v) is 24.3. The summed E-state index contributed by atoms with van der Waals surface area (Å²) in [6, 6.07) is 0. The molecule has 3 saturated heterocycles. The normalized spacial score (nSPS) is 51.4. The van der Waals surface area contributed by atoms with Crippen LogP contribution < -0.4 is 0 Å². The van der Waals surface area contributed by atoms with Crippen molar-refractivity contribution in [2.45, 2.75) is 218 Å². The SMILES string of the molecule is CO[C@@H]1C=C2[C@@H]3CC(C)(C)C(=O)C[C@]3(C(=O)O[C@@H]3O[C@H](CO[C@@H]4O[C@H](COC(C)=O)[C@@H](O[C@@H]5O[C@@H](C)[C@H](O)[C@@H](O)[C@H]5O)[C@H](O)[C@H]4O)[C@@H](O)[C@H](O)[C@H]3O)CC[C@@]2(C)[C@]2(C)CC[C@H]3C(C)(C)[C@H](O)CC[C@]3(C)[C@@H]12. The van der Waals surface area contributed by atoms with Crippen LogP contribution in [-0.2, 0) is 52.3 Å². The standard InChI is InChI=1S/C51H80O20/c1-22-32(55)34(57)37(60)43(67-22)70-40-28(21-65-23(2)52)69-42(39(62)36(40)59)66-20-27-33(56)35(58)38(61)44(68-27)71-45(63)51-16-15-49(8)24(25(51)18-46(3,4)31(54)19-51)17-26(64-10)41-48(7)13-12-30(53)47(5,6)29(48)11-14-50(41,49)9/h17,22,25-30,32-44,53,55-62H,11-16,18-21H2,1-10H3/t22-,25-,26+,27+,28+,29-,30+,32-,33+,34+,35-,36+,37+,38+,39+,40+,41+,42+,43-,44-,48-,49+,50+,51+/m0/s1. The van der Waals surface area contributed by atoms with Crippen LogP contribution in [0.3, 0.4) is 0 Å². The highest BCUT2D eigenvalue weighted by molar-refractivity contribution is 5.92. The predicted molar refractivity (Wildman–Crippen MR) is 245 cm³/mol. The molecule has 0 aromatic rings. The number of hydrogen-bond donors (Lipinski definition) is 9. The summed E-state index contributed by atoms with van der Waals surface area (Å²) in [5.41, 5.74) is -2.33. The lowest BCUT2D eigenvalue weighted by atomic mass is 9.33. The third-order valence-electron chi connectivity index (χ3n) is 19.7. The highest BCUT2D eigenvalue weighted by atomic mass is 16.8. The van der Waals surface area contributed by atoms with E-state index in [2.05, 4.69) is 40.7 Å². The van der Waals surface area contributed by atoms with E-state index in [1.165, 1.54) is 6.92 Å². The Morgan fingerprint density at radius 2 is 1.35 bits per heavy atom. The summed E-state index contributed by atoms with van der Waals surface area (Å²) in [5, 5.41) is 98.5. The molecule has 20 heteroatoms. The molecule has 0 aromatic carbocycles. The van der Waals surface area contributed by atoms with Crippen LogP contribution >= 0.6 is 0 Å². The number of rotatable bonds is 10. The van der Waals surface area contributed by atoms with E-state index in [1.54, 1.807) is 7.11 Å². The Balaban J connectivity index is 1.02. The summed E-state index contributed by atoms with van der Waals surface area (Å²) in [5.74, 6) is -1.82. The number of Topliss-reactive ketones (excluding diaryl/α,β-unsaturated/α-hetero) is 1. The fourth-order valence-electron chi connectivity index (χ4n) is 15.1. The van der Waals surface area contributed by atoms with E-state index < -0.39 is 146 Å². The van der Waals surface area contributed by atoms with Crippen LogP contribution in [0.1, 0.15) is 114 Å². The minimum atomic E-state index is -1.95. The molecule has 8 rings (SSSR count). The molecule has 0 aromatic heterocycles. The maximum absolute atomic E-state index is 15.1. The van der Waals surface area contributed by atoms with Gasteiger partial charge in [-0.2, -0.15) is 0 Å². The van der Waals surface area contributed by atoms with E-state index in [9.17, 15) is 55.5 Å². The first-order valence-electron chi connectivity index (χ1n) is 25.5. The van der Waals surface area contributed by atoms with Crippen molar-refractivity contribution in [3.05, 3.63) is 11.6 Å². The Kier molecular flexibility index (Phi) is 15.0. The molecule has 0 spiro atoms. The van der Waals surface area contributed by atoms with Crippen molar-refractivity contribution in [3.63, 3.8) is 0 Å². The Morgan fingerprint density at radius 1 is 0.718 bits per heavy atom. The lowest BCUT2D eigenvalue weighted by Crippen LogP contribution is -2.68. The van der Waals surface area contributed by atoms with Crippen molar-refractivity contribution in [1.29, 1.82) is 0 Å². The Hall–Kier alpha value is -2.25. The summed E-state index contributed by atoms with van der Waals surface area (Å²) in [6.07, 6.45) is -19.4. The topological polar surface area (TPSA) is 307 Å². The van der Waals surface area contributed by atoms with Gasteiger partial charge in [-0.25, -0.2) is 0 Å². The number of methoxy groups -OCH3 is 1. The Bertz CT molecular complexity index is 2030. The van der Waals surface area contributed by atoms with Gasteiger partial charge in [-0.3, -0.25) is 14.4 Å². The first-order valence-corrected chi connectivity index (χ1v) is 25.5. The summed E-state index contributed by atoms with van der Waals surface area (Å²) in [4.78, 5) is 41.1. The number of carbonyl (C=O) groups is 3. The number of hydrogen-bond acceptors (Lipinski definition) is 20. The summed E-state index contributed by atoms with van der Waals surface area (Å²) in [7, 11) is 1.72. The van der Waals surface area contributed by atoms with Crippen molar-refractivity contribution in [2.24, 2.45) is 50.2 Å². The van der Waals surface area contributed by atoms with Crippen LogP contribution in [0, 0.1) is 50.2 Å². The van der Waals surface area contributed by atoms with Gasteiger partial charge in [0, 0.05) is 31.8 Å². The molecule has 0 radical (unpaired) electrons. The van der Waals surface area contributed by atoms with Crippen molar-refractivity contribution < 1.29 is 98.2 Å². The molecule has 24 atom stereocenters. The first kappa shape index (κ1) is 55.0. The second-order valence-electron chi connectivity index (χ2n) is 24.3. The molecule has 3 aliphatic heterocycles. The number of fused-ring (bicyclic) bond motifs is 7. The maximum Gasteiger partial charge on any atom is 0.315 e. The molecule has 5 aliphatic carbocycles. The van der Waals surface area contributed by atoms with E-state index in [1.807, 2.05) is 13.8 Å². The fourth-order valence-corrected chi connectivity index (χ4v) is 15.1. The number of ether oxygens (including phenoxy) is 8. The summed E-state index contributed by atoms with van der Waals surface area (Å²) in [6.45, 7) is 16.5. The molecule has 0 unspecified atom stereocenters. The van der Waals surface area contributed by atoms with Gasteiger partial charge >= 0.3 is 11.9 Å². The van der Waals surface area contributed by atoms with E-state index >= 15 is 4.79 Å². The van der Waals surface area contributed by atoms with E-state index in [0.717, 1.165) is 31.8 Å². The molecule has 404 valence electrons. The van der Waals surface area contributed by atoms with Gasteiger partial charge in [0.15, 0.2) is 12.6 Å². The molecule has 0 amide bonds. The average molecular weight is 1010 g/mol. The number of aliphatic hydroxyl groups excluding tert-OH is 9. The van der Waals surface area contributed by atoms with Gasteiger partial charge in [-0.05, 0) is 85.4 Å². The molecular weight excluding hydrogens is 933 g/mol. The van der Waals surface area contributed by atoms with Crippen LogP contribution in [0.25, 0.3) is 0 Å². The number of ketones is 1. The molecule has 8 aliphatic rings. The van der Waals surface area contributed by atoms with Gasteiger partial charge < -0.3 is 83.9 Å². The van der Waals surface area contributed by atoms with Crippen LogP contribution in [0.15, 0.2) is 11.6 Å². The molecule has 20 nitrogen and oxygen atoms in total. The van der Waals surface area contributed by atoms with Crippen LogP contribution in [0.2, 0.25) is 0 Å². The van der Waals surface area contributed by atoms with E-state index in [-0.39, 0.29) is 52.8 Å². The molecule has 4 saturated carbocycles. The number of esters is 2. The highest BCUT2D eigenvalue weighted by Crippen LogP contribution is 2.76. The van der Waals surface area contributed by atoms with Crippen molar-refractivity contribution in [3.8, 4) is 0 Å². The predicted octanol–water partition coefficient (Wildman–Crippen LogP) is 0.543. The third kappa shape index (κ3) is 8.87. The third-order valence-corrected chi connectivity index (χ3v) is 19.7. The number of allylic oxidation sites excluding steroid dienone is 1. The van der Waals surface area contributed by atoms with Gasteiger partial charge in [-0.1, -0.05) is 60.1 Å². The van der Waals surface area contributed by atoms with Crippen LogP contribution in [0.5, 0.6) is 0 Å². The minimum absolute atomic E-state index is 0.0904. The van der Waals surface area contributed by atoms with Gasteiger partial charge in [0.2, 0.25) is 6.29 Å². The summed E-state index contributed by atoms with van der Waals surface area (Å²) >= 11 is 0. The highest BCUT2D eigenvalue weighted by Gasteiger charge is 2.72.